The summed E-state index contributed by atoms with van der Waals surface area (Å²) in [4.78, 5) is 0. The normalized spacial score (nSPS) is 12.4. The highest BCUT2D eigenvalue weighted by Gasteiger charge is 2.11. The Balaban J connectivity index is 2.08. The molecule has 2 aromatic rings. The molecule has 0 heterocycles. The largest absolute Gasteiger partial charge is 0.306 e. The van der Waals surface area contributed by atoms with E-state index >= 15 is 0 Å². The van der Waals surface area contributed by atoms with Gasteiger partial charge in [-0.05, 0) is 42.8 Å². The average Bonchev–Trinajstić information content (AvgIpc) is 2.39. The van der Waals surface area contributed by atoms with Crippen LogP contribution in [0.4, 0.5) is 8.78 Å². The van der Waals surface area contributed by atoms with Crippen molar-refractivity contribution in [2.24, 2.45) is 0 Å². The Kier molecular flexibility index (Phi) is 5.13. The molecular formula is C15H13BrClF2N. The third-order valence-corrected chi connectivity index (χ3v) is 3.86. The Morgan fingerprint density at radius 3 is 2.65 bits per heavy atom. The van der Waals surface area contributed by atoms with Crippen molar-refractivity contribution in [3.05, 3.63) is 68.7 Å². The topological polar surface area (TPSA) is 12.0 Å². The fraction of sp³-hybridized carbons (Fsp3) is 0.200. The molecule has 0 aliphatic carbocycles. The van der Waals surface area contributed by atoms with Gasteiger partial charge in [0.2, 0.25) is 0 Å². The summed E-state index contributed by atoms with van der Waals surface area (Å²) in [6.45, 7) is 2.16. The van der Waals surface area contributed by atoms with Crippen molar-refractivity contribution in [3.8, 4) is 0 Å². The fourth-order valence-electron chi connectivity index (χ4n) is 1.90. The minimum absolute atomic E-state index is 0.0710. The summed E-state index contributed by atoms with van der Waals surface area (Å²) >= 11 is 9.50. The van der Waals surface area contributed by atoms with Gasteiger partial charge < -0.3 is 5.32 Å². The lowest BCUT2D eigenvalue weighted by molar-refractivity contribution is 0.535. The SMILES string of the molecule is CC(NCc1cc(F)ccc1F)c1ccc(Br)cc1Cl. The molecule has 0 fully saturated rings. The Bertz CT molecular complexity index is 619. The van der Waals surface area contributed by atoms with E-state index in [0.29, 0.717) is 10.6 Å². The zero-order valence-corrected chi connectivity index (χ0v) is 13.1. The number of rotatable bonds is 4. The molecule has 0 saturated carbocycles. The van der Waals surface area contributed by atoms with Crippen molar-refractivity contribution in [3.63, 3.8) is 0 Å². The highest BCUT2D eigenvalue weighted by molar-refractivity contribution is 9.10. The van der Waals surface area contributed by atoms with Gasteiger partial charge in [-0.3, -0.25) is 0 Å². The van der Waals surface area contributed by atoms with E-state index in [1.54, 1.807) is 6.07 Å². The second-order valence-electron chi connectivity index (χ2n) is 4.50. The number of benzene rings is 2. The summed E-state index contributed by atoms with van der Waals surface area (Å²) in [7, 11) is 0. The molecule has 0 saturated heterocycles. The second kappa shape index (κ2) is 6.66. The zero-order chi connectivity index (χ0) is 14.7. The lowest BCUT2D eigenvalue weighted by Gasteiger charge is -2.16. The molecule has 1 atom stereocenters. The summed E-state index contributed by atoms with van der Waals surface area (Å²) in [6, 6.07) is 8.94. The lowest BCUT2D eigenvalue weighted by atomic mass is 10.1. The Labute approximate surface area is 130 Å². The first-order valence-electron chi connectivity index (χ1n) is 6.09. The lowest BCUT2D eigenvalue weighted by Crippen LogP contribution is -2.19. The average molecular weight is 361 g/mol. The van der Waals surface area contributed by atoms with Gasteiger partial charge in [-0.25, -0.2) is 8.78 Å². The molecule has 2 rings (SSSR count). The van der Waals surface area contributed by atoms with Crippen LogP contribution in [0.1, 0.15) is 24.1 Å². The van der Waals surface area contributed by atoms with Crippen molar-refractivity contribution in [1.29, 1.82) is 0 Å². The molecule has 2 aromatic carbocycles. The molecule has 1 N–H and O–H groups in total. The van der Waals surface area contributed by atoms with Crippen molar-refractivity contribution >= 4 is 27.5 Å². The monoisotopic (exact) mass is 359 g/mol. The highest BCUT2D eigenvalue weighted by atomic mass is 79.9. The standard InChI is InChI=1S/C15H13BrClF2N/c1-9(13-4-2-11(16)7-14(13)17)20-8-10-6-12(18)3-5-15(10)19/h2-7,9,20H,8H2,1H3. The van der Waals surface area contributed by atoms with E-state index < -0.39 is 11.6 Å². The van der Waals surface area contributed by atoms with Gasteiger partial charge in [-0.15, -0.1) is 0 Å². The Morgan fingerprint density at radius 2 is 1.95 bits per heavy atom. The van der Waals surface area contributed by atoms with Gasteiger partial charge in [0.05, 0.1) is 0 Å². The van der Waals surface area contributed by atoms with Crippen molar-refractivity contribution in [2.45, 2.75) is 19.5 Å². The molecule has 1 unspecified atom stereocenters. The third-order valence-electron chi connectivity index (χ3n) is 3.04. The van der Waals surface area contributed by atoms with Gasteiger partial charge in [-0.1, -0.05) is 33.6 Å². The number of nitrogens with one attached hydrogen (secondary N) is 1. The van der Waals surface area contributed by atoms with E-state index in [2.05, 4.69) is 21.2 Å². The molecule has 106 valence electrons. The molecule has 0 aliphatic rings. The molecular weight excluding hydrogens is 348 g/mol. The van der Waals surface area contributed by atoms with Crippen molar-refractivity contribution in [2.75, 3.05) is 0 Å². The van der Waals surface area contributed by atoms with E-state index in [4.69, 9.17) is 11.6 Å². The summed E-state index contributed by atoms with van der Waals surface area (Å²) in [5, 5.41) is 3.76. The van der Waals surface area contributed by atoms with E-state index in [1.165, 1.54) is 6.07 Å². The van der Waals surface area contributed by atoms with Crippen LogP contribution in [0.25, 0.3) is 0 Å². The molecule has 0 aliphatic heterocycles. The van der Waals surface area contributed by atoms with E-state index in [0.717, 1.165) is 22.2 Å². The van der Waals surface area contributed by atoms with Crippen LogP contribution in [0.2, 0.25) is 5.02 Å². The fourth-order valence-corrected chi connectivity index (χ4v) is 2.74. The molecule has 20 heavy (non-hydrogen) atoms. The number of halogens is 4. The maximum absolute atomic E-state index is 13.5. The molecule has 0 spiro atoms. The molecule has 1 nitrogen and oxygen atoms in total. The van der Waals surface area contributed by atoms with Crippen LogP contribution < -0.4 is 5.32 Å². The summed E-state index contributed by atoms with van der Waals surface area (Å²) in [5.74, 6) is -0.870. The Morgan fingerprint density at radius 1 is 1.20 bits per heavy atom. The maximum atomic E-state index is 13.5. The molecule has 5 heteroatoms. The van der Waals surface area contributed by atoms with Crippen LogP contribution in [0.15, 0.2) is 40.9 Å². The predicted octanol–water partition coefficient (Wildman–Crippen LogP) is 5.23. The highest BCUT2D eigenvalue weighted by Crippen LogP contribution is 2.26. The van der Waals surface area contributed by atoms with Crippen molar-refractivity contribution < 1.29 is 8.78 Å². The van der Waals surface area contributed by atoms with Crippen LogP contribution in [0.3, 0.4) is 0 Å². The first-order valence-corrected chi connectivity index (χ1v) is 7.26. The third kappa shape index (κ3) is 3.78. The van der Waals surface area contributed by atoms with Crippen LogP contribution in [-0.2, 0) is 6.54 Å². The van der Waals surface area contributed by atoms with E-state index in [-0.39, 0.29) is 12.6 Å². The summed E-state index contributed by atoms with van der Waals surface area (Å²) in [5.41, 5.74) is 1.21. The van der Waals surface area contributed by atoms with Gasteiger partial charge in [0.1, 0.15) is 11.6 Å². The van der Waals surface area contributed by atoms with Gasteiger partial charge in [0.25, 0.3) is 0 Å². The number of hydrogen-bond acceptors (Lipinski definition) is 1. The zero-order valence-electron chi connectivity index (χ0n) is 10.8. The van der Waals surface area contributed by atoms with E-state index in [9.17, 15) is 8.78 Å². The first kappa shape index (κ1) is 15.4. The molecule has 0 amide bonds. The smallest absolute Gasteiger partial charge is 0.127 e. The van der Waals surface area contributed by atoms with Gasteiger partial charge in [0.15, 0.2) is 0 Å². The van der Waals surface area contributed by atoms with Gasteiger partial charge in [-0.2, -0.15) is 0 Å². The number of hydrogen-bond donors (Lipinski definition) is 1. The first-order chi connectivity index (χ1) is 9.47. The maximum Gasteiger partial charge on any atom is 0.127 e. The van der Waals surface area contributed by atoms with Gasteiger partial charge in [0, 0.05) is 27.6 Å². The van der Waals surface area contributed by atoms with E-state index in [1.807, 2.05) is 19.1 Å². The summed E-state index contributed by atoms with van der Waals surface area (Å²) in [6.07, 6.45) is 0. The second-order valence-corrected chi connectivity index (χ2v) is 5.83. The summed E-state index contributed by atoms with van der Waals surface area (Å²) < 4.78 is 27.5. The van der Waals surface area contributed by atoms with Crippen LogP contribution in [0.5, 0.6) is 0 Å². The van der Waals surface area contributed by atoms with Crippen LogP contribution in [0, 0.1) is 11.6 Å². The predicted molar refractivity (Wildman–Crippen MR) is 80.8 cm³/mol. The minimum Gasteiger partial charge on any atom is -0.306 e. The van der Waals surface area contributed by atoms with Crippen molar-refractivity contribution in [1.82, 2.24) is 5.32 Å². The minimum atomic E-state index is -0.447. The molecule has 0 aromatic heterocycles. The molecule has 0 bridgehead atoms. The van der Waals surface area contributed by atoms with Gasteiger partial charge >= 0.3 is 0 Å². The van der Waals surface area contributed by atoms with Crippen LogP contribution in [-0.4, -0.2) is 0 Å². The quantitative estimate of drug-likeness (QED) is 0.787. The molecule has 0 radical (unpaired) electrons. The Hall–Kier alpha value is -0.970. The van der Waals surface area contributed by atoms with Crippen LogP contribution >= 0.6 is 27.5 Å².